The van der Waals surface area contributed by atoms with Gasteiger partial charge in [0.1, 0.15) is 0 Å². The molecule has 1 aliphatic heterocycles. The zero-order valence-corrected chi connectivity index (χ0v) is 14.4. The van der Waals surface area contributed by atoms with E-state index in [2.05, 4.69) is 44.8 Å². The molecule has 2 heterocycles. The number of carbonyl (C=O) groups excluding carboxylic acids is 1. The minimum absolute atomic E-state index is 0.0305. The second-order valence-corrected chi connectivity index (χ2v) is 6.26. The molecule has 25 heavy (non-hydrogen) atoms. The van der Waals surface area contributed by atoms with Crippen molar-refractivity contribution in [1.82, 2.24) is 15.2 Å². The summed E-state index contributed by atoms with van der Waals surface area (Å²) in [6.07, 6.45) is 3.25. The maximum absolute atomic E-state index is 12.1. The zero-order valence-electron chi connectivity index (χ0n) is 14.4. The van der Waals surface area contributed by atoms with Crippen molar-refractivity contribution >= 4 is 11.7 Å². The van der Waals surface area contributed by atoms with E-state index in [0.717, 1.165) is 19.6 Å². The number of pyridine rings is 1. The van der Waals surface area contributed by atoms with Gasteiger partial charge in [-0.3, -0.25) is 9.88 Å². The van der Waals surface area contributed by atoms with Crippen LogP contribution in [0.3, 0.4) is 0 Å². The van der Waals surface area contributed by atoms with Crippen LogP contribution < -0.4 is 10.6 Å². The molecule has 0 spiro atoms. The molecule has 2 N–H and O–H groups in total. The van der Waals surface area contributed by atoms with Gasteiger partial charge in [0, 0.05) is 25.8 Å². The third-order valence-corrected chi connectivity index (χ3v) is 4.26. The van der Waals surface area contributed by atoms with Gasteiger partial charge < -0.3 is 15.4 Å². The molecule has 1 saturated heterocycles. The van der Waals surface area contributed by atoms with Gasteiger partial charge in [-0.15, -0.1) is 0 Å². The lowest BCUT2D eigenvalue weighted by molar-refractivity contribution is -0.0440. The molecule has 2 atom stereocenters. The normalized spacial score (nSPS) is 19.2. The SMILES string of the molecule is C[C@@H](NC(=O)Nc1cccnc1)[C@H]1CN(Cc2ccccc2)CCO1. The maximum atomic E-state index is 12.1. The number of anilines is 1. The van der Waals surface area contributed by atoms with Crippen LogP contribution in [0.4, 0.5) is 10.5 Å². The Kier molecular flexibility index (Phi) is 5.98. The third-order valence-electron chi connectivity index (χ3n) is 4.26. The minimum atomic E-state index is -0.246. The van der Waals surface area contributed by atoms with Crippen molar-refractivity contribution in [3.63, 3.8) is 0 Å². The summed E-state index contributed by atoms with van der Waals surface area (Å²) in [6, 6.07) is 13.7. The Morgan fingerprint density at radius 2 is 2.16 bits per heavy atom. The molecular formula is C19H24N4O2. The molecule has 1 aromatic heterocycles. The molecule has 132 valence electrons. The molecule has 1 fully saturated rings. The molecular weight excluding hydrogens is 316 g/mol. The van der Waals surface area contributed by atoms with Crippen LogP contribution in [0.1, 0.15) is 12.5 Å². The molecule has 6 nitrogen and oxygen atoms in total. The van der Waals surface area contributed by atoms with Gasteiger partial charge in [-0.25, -0.2) is 4.79 Å². The average Bonchev–Trinajstić information content (AvgIpc) is 2.63. The number of nitrogens with zero attached hydrogens (tertiary/aromatic N) is 2. The van der Waals surface area contributed by atoms with E-state index in [-0.39, 0.29) is 18.2 Å². The molecule has 0 radical (unpaired) electrons. The lowest BCUT2D eigenvalue weighted by Crippen LogP contribution is -2.52. The summed E-state index contributed by atoms with van der Waals surface area (Å²) < 4.78 is 5.86. The lowest BCUT2D eigenvalue weighted by atomic mass is 10.1. The quantitative estimate of drug-likeness (QED) is 0.878. The summed E-state index contributed by atoms with van der Waals surface area (Å²) in [6.45, 7) is 5.24. The second kappa shape index (κ2) is 8.60. The third kappa shape index (κ3) is 5.27. The average molecular weight is 340 g/mol. The number of nitrogens with one attached hydrogen (secondary N) is 2. The Hall–Kier alpha value is -2.44. The van der Waals surface area contributed by atoms with Crippen LogP contribution in [0.5, 0.6) is 0 Å². The number of ether oxygens (including phenoxy) is 1. The van der Waals surface area contributed by atoms with Gasteiger partial charge in [-0.2, -0.15) is 0 Å². The first-order valence-corrected chi connectivity index (χ1v) is 8.56. The van der Waals surface area contributed by atoms with Gasteiger partial charge in [0.25, 0.3) is 0 Å². The first-order chi connectivity index (χ1) is 12.2. The molecule has 3 rings (SSSR count). The van der Waals surface area contributed by atoms with Gasteiger partial charge in [-0.1, -0.05) is 30.3 Å². The minimum Gasteiger partial charge on any atom is -0.373 e. The van der Waals surface area contributed by atoms with Crippen molar-refractivity contribution in [3.8, 4) is 0 Å². The largest absolute Gasteiger partial charge is 0.373 e. The number of hydrogen-bond acceptors (Lipinski definition) is 4. The predicted molar refractivity (Wildman–Crippen MR) is 97.3 cm³/mol. The number of carbonyl (C=O) groups is 1. The number of urea groups is 1. The first-order valence-electron chi connectivity index (χ1n) is 8.56. The van der Waals surface area contributed by atoms with Crippen LogP contribution in [0, 0.1) is 0 Å². The number of benzene rings is 1. The fourth-order valence-electron chi connectivity index (χ4n) is 2.92. The van der Waals surface area contributed by atoms with Crippen LogP contribution in [0.2, 0.25) is 0 Å². The molecule has 2 aromatic rings. The Bertz CT molecular complexity index is 666. The smallest absolute Gasteiger partial charge is 0.319 e. The van der Waals surface area contributed by atoms with Crippen LogP contribution >= 0.6 is 0 Å². The molecule has 1 aromatic carbocycles. The van der Waals surface area contributed by atoms with Gasteiger partial charge in [0.05, 0.1) is 30.6 Å². The fraction of sp³-hybridized carbons (Fsp3) is 0.368. The van der Waals surface area contributed by atoms with Crippen molar-refractivity contribution < 1.29 is 9.53 Å². The van der Waals surface area contributed by atoms with E-state index >= 15 is 0 Å². The maximum Gasteiger partial charge on any atom is 0.319 e. The summed E-state index contributed by atoms with van der Waals surface area (Å²) in [5, 5.41) is 5.73. The zero-order chi connectivity index (χ0) is 17.5. The number of aromatic nitrogens is 1. The summed E-state index contributed by atoms with van der Waals surface area (Å²) in [5.74, 6) is 0. The van der Waals surface area contributed by atoms with Gasteiger partial charge >= 0.3 is 6.03 Å². The molecule has 1 aliphatic rings. The van der Waals surface area contributed by atoms with E-state index in [1.165, 1.54) is 5.56 Å². The Morgan fingerprint density at radius 1 is 1.32 bits per heavy atom. The Balaban J connectivity index is 1.49. The number of morpholine rings is 1. The molecule has 2 amide bonds. The monoisotopic (exact) mass is 340 g/mol. The van der Waals surface area contributed by atoms with Crippen LogP contribution in [0.15, 0.2) is 54.9 Å². The molecule has 6 heteroatoms. The van der Waals surface area contributed by atoms with Crippen molar-refractivity contribution in [2.75, 3.05) is 25.0 Å². The van der Waals surface area contributed by atoms with E-state index in [1.54, 1.807) is 24.5 Å². The van der Waals surface area contributed by atoms with Crippen molar-refractivity contribution in [2.45, 2.75) is 25.6 Å². The topological polar surface area (TPSA) is 66.5 Å². The van der Waals surface area contributed by atoms with E-state index in [0.29, 0.717) is 12.3 Å². The van der Waals surface area contributed by atoms with Crippen LogP contribution in [0.25, 0.3) is 0 Å². The standard InChI is InChI=1S/C19H24N4O2/c1-15(21-19(24)22-17-8-5-9-20-12-17)18-14-23(10-11-25-18)13-16-6-3-2-4-7-16/h2-9,12,15,18H,10-11,13-14H2,1H3,(H2,21,22,24)/t15-,18-/m1/s1. The molecule has 0 bridgehead atoms. The van der Waals surface area contributed by atoms with Crippen molar-refractivity contribution in [3.05, 3.63) is 60.4 Å². The predicted octanol–water partition coefficient (Wildman–Crippen LogP) is 2.49. The first kappa shape index (κ1) is 17.4. The van der Waals surface area contributed by atoms with Gasteiger partial charge in [-0.05, 0) is 24.6 Å². The molecule has 0 aliphatic carbocycles. The Labute approximate surface area is 148 Å². The lowest BCUT2D eigenvalue weighted by Gasteiger charge is -2.36. The fourth-order valence-corrected chi connectivity index (χ4v) is 2.92. The van der Waals surface area contributed by atoms with Crippen molar-refractivity contribution in [1.29, 1.82) is 0 Å². The van der Waals surface area contributed by atoms with Crippen LogP contribution in [-0.4, -0.2) is 47.8 Å². The summed E-state index contributed by atoms with van der Waals surface area (Å²) >= 11 is 0. The summed E-state index contributed by atoms with van der Waals surface area (Å²) in [7, 11) is 0. The van der Waals surface area contributed by atoms with Crippen LogP contribution in [-0.2, 0) is 11.3 Å². The Morgan fingerprint density at radius 3 is 2.92 bits per heavy atom. The number of amides is 2. The van der Waals surface area contributed by atoms with E-state index in [1.807, 2.05) is 13.0 Å². The van der Waals surface area contributed by atoms with E-state index < -0.39 is 0 Å². The van der Waals surface area contributed by atoms with Gasteiger partial charge in [0.2, 0.25) is 0 Å². The van der Waals surface area contributed by atoms with E-state index in [9.17, 15) is 4.79 Å². The highest BCUT2D eigenvalue weighted by atomic mass is 16.5. The highest BCUT2D eigenvalue weighted by molar-refractivity contribution is 5.89. The molecule has 0 unspecified atom stereocenters. The second-order valence-electron chi connectivity index (χ2n) is 6.26. The molecule has 0 saturated carbocycles. The van der Waals surface area contributed by atoms with Gasteiger partial charge in [0.15, 0.2) is 0 Å². The van der Waals surface area contributed by atoms with E-state index in [4.69, 9.17) is 4.74 Å². The van der Waals surface area contributed by atoms with Crippen molar-refractivity contribution in [2.24, 2.45) is 0 Å². The highest BCUT2D eigenvalue weighted by Crippen LogP contribution is 2.13. The number of rotatable bonds is 5. The summed E-state index contributed by atoms with van der Waals surface area (Å²) in [5.41, 5.74) is 1.96. The highest BCUT2D eigenvalue weighted by Gasteiger charge is 2.26. The summed E-state index contributed by atoms with van der Waals surface area (Å²) in [4.78, 5) is 18.5. The number of hydrogen-bond donors (Lipinski definition) is 2.